The van der Waals surface area contributed by atoms with Gasteiger partial charge in [0.1, 0.15) is 5.82 Å². The van der Waals surface area contributed by atoms with Gasteiger partial charge < -0.3 is 0 Å². The van der Waals surface area contributed by atoms with E-state index >= 15 is 0 Å². The lowest BCUT2D eigenvalue weighted by atomic mass is 10.1. The zero-order valence-corrected chi connectivity index (χ0v) is 15.1. The van der Waals surface area contributed by atoms with E-state index in [1.807, 2.05) is 0 Å². The quantitative estimate of drug-likeness (QED) is 0.821. The summed E-state index contributed by atoms with van der Waals surface area (Å²) in [6.07, 6.45) is -0.328. The van der Waals surface area contributed by atoms with Crippen LogP contribution in [0.5, 0.6) is 0 Å². The third kappa shape index (κ3) is 3.90. The first-order valence-electron chi connectivity index (χ1n) is 9.15. The number of alkyl halides is 3. The summed E-state index contributed by atoms with van der Waals surface area (Å²) in [5.74, 6) is 1.32. The molecule has 0 radical (unpaired) electrons. The second-order valence-electron chi connectivity index (χ2n) is 7.44. The predicted molar refractivity (Wildman–Crippen MR) is 93.3 cm³/mol. The molecule has 2 aromatic heterocycles. The average molecular weight is 378 g/mol. The molecule has 1 aliphatic carbocycles. The van der Waals surface area contributed by atoms with Crippen LogP contribution in [0.2, 0.25) is 0 Å². The van der Waals surface area contributed by atoms with Gasteiger partial charge >= 0.3 is 6.18 Å². The lowest BCUT2D eigenvalue weighted by Gasteiger charge is -2.28. The monoisotopic (exact) mass is 378 g/mol. The van der Waals surface area contributed by atoms with Crippen LogP contribution in [0.3, 0.4) is 0 Å². The average Bonchev–Trinajstić information content (AvgIpc) is 3.43. The second kappa shape index (κ2) is 6.74. The van der Waals surface area contributed by atoms with E-state index in [4.69, 9.17) is 0 Å². The van der Waals surface area contributed by atoms with Crippen LogP contribution in [0.15, 0.2) is 23.1 Å². The fourth-order valence-electron chi connectivity index (χ4n) is 3.54. The summed E-state index contributed by atoms with van der Waals surface area (Å²) in [6, 6.07) is 2.31. The van der Waals surface area contributed by atoms with Crippen molar-refractivity contribution in [2.45, 2.75) is 45.5 Å². The van der Waals surface area contributed by atoms with Crippen molar-refractivity contribution in [3.63, 3.8) is 0 Å². The minimum atomic E-state index is -4.42. The van der Waals surface area contributed by atoms with Gasteiger partial charge in [0.05, 0.1) is 29.1 Å². The Hall–Kier alpha value is -2.22. The minimum Gasteiger partial charge on any atom is -0.298 e. The molecule has 3 heterocycles. The number of hydrogen-bond acceptors (Lipinski definition) is 4. The van der Waals surface area contributed by atoms with Crippen LogP contribution >= 0.6 is 0 Å². The lowest BCUT2D eigenvalue weighted by Crippen LogP contribution is -2.39. The van der Waals surface area contributed by atoms with Crippen LogP contribution < -0.4 is 5.56 Å². The Labute approximate surface area is 154 Å². The number of halogens is 3. The Morgan fingerprint density at radius 1 is 1.26 bits per heavy atom. The molecule has 1 fully saturated rings. The van der Waals surface area contributed by atoms with E-state index in [0.717, 1.165) is 43.4 Å². The van der Waals surface area contributed by atoms with Crippen LogP contribution in [-0.2, 0) is 25.7 Å². The highest BCUT2D eigenvalue weighted by atomic mass is 19.4. The van der Waals surface area contributed by atoms with Crippen molar-refractivity contribution in [2.24, 2.45) is 5.92 Å². The predicted octanol–water partition coefficient (Wildman–Crippen LogP) is 2.78. The van der Waals surface area contributed by atoms with Crippen molar-refractivity contribution in [1.82, 2.24) is 19.4 Å². The molecule has 0 bridgehead atoms. The van der Waals surface area contributed by atoms with Gasteiger partial charge in [-0.25, -0.2) is 4.98 Å². The summed E-state index contributed by atoms with van der Waals surface area (Å²) < 4.78 is 39.6. The van der Waals surface area contributed by atoms with Crippen LogP contribution in [0.25, 0.3) is 0 Å². The van der Waals surface area contributed by atoms with Crippen molar-refractivity contribution in [3.05, 3.63) is 57.0 Å². The Morgan fingerprint density at radius 2 is 2.04 bits per heavy atom. The van der Waals surface area contributed by atoms with Crippen molar-refractivity contribution in [1.29, 1.82) is 0 Å². The molecule has 0 atom stereocenters. The van der Waals surface area contributed by atoms with Gasteiger partial charge in [-0.05, 0) is 37.8 Å². The maximum atomic E-state index is 13.0. The van der Waals surface area contributed by atoms with Crippen molar-refractivity contribution >= 4 is 0 Å². The Bertz CT molecular complexity index is 901. The molecule has 0 aromatic carbocycles. The first kappa shape index (κ1) is 18.2. The van der Waals surface area contributed by atoms with Gasteiger partial charge in [0.15, 0.2) is 0 Å². The first-order valence-corrected chi connectivity index (χ1v) is 9.15. The minimum absolute atomic E-state index is 0.111. The highest BCUT2D eigenvalue weighted by molar-refractivity contribution is 5.23. The standard InChI is InChI=1S/C19H21F3N4O/c1-12-24-17-6-7-25(9-13-2-3-13)11-16(17)18(27)26(12)10-15-5-4-14(8-23-15)19(20,21)22/h4-5,8,13H,2-3,6-7,9-11H2,1H3. The van der Waals surface area contributed by atoms with Crippen LogP contribution in [0.4, 0.5) is 13.2 Å². The molecule has 144 valence electrons. The summed E-state index contributed by atoms with van der Waals surface area (Å²) in [7, 11) is 0. The maximum absolute atomic E-state index is 13.0. The lowest BCUT2D eigenvalue weighted by molar-refractivity contribution is -0.137. The van der Waals surface area contributed by atoms with Gasteiger partial charge in [0.2, 0.25) is 0 Å². The second-order valence-corrected chi connectivity index (χ2v) is 7.44. The van der Waals surface area contributed by atoms with E-state index in [2.05, 4.69) is 14.9 Å². The molecule has 0 saturated heterocycles. The number of aryl methyl sites for hydroxylation is 1. The fraction of sp³-hybridized carbons (Fsp3) is 0.526. The fourth-order valence-corrected chi connectivity index (χ4v) is 3.54. The van der Waals surface area contributed by atoms with Crippen molar-refractivity contribution < 1.29 is 13.2 Å². The van der Waals surface area contributed by atoms with E-state index < -0.39 is 11.7 Å². The smallest absolute Gasteiger partial charge is 0.298 e. The third-order valence-electron chi connectivity index (χ3n) is 5.27. The summed E-state index contributed by atoms with van der Waals surface area (Å²) in [6.45, 7) is 4.40. The molecule has 1 aliphatic heterocycles. The molecular weight excluding hydrogens is 357 g/mol. The Balaban J connectivity index is 1.59. The molecule has 2 aliphatic rings. The number of aromatic nitrogens is 3. The molecule has 2 aromatic rings. The number of rotatable bonds is 4. The molecule has 0 N–H and O–H groups in total. The Morgan fingerprint density at radius 3 is 2.67 bits per heavy atom. The van der Waals surface area contributed by atoms with Crippen LogP contribution in [0.1, 0.15) is 41.2 Å². The van der Waals surface area contributed by atoms with Crippen molar-refractivity contribution in [2.75, 3.05) is 13.1 Å². The maximum Gasteiger partial charge on any atom is 0.417 e. The van der Waals surface area contributed by atoms with Gasteiger partial charge in [0, 0.05) is 32.3 Å². The number of pyridine rings is 1. The highest BCUT2D eigenvalue weighted by Gasteiger charge is 2.31. The summed E-state index contributed by atoms with van der Waals surface area (Å²) in [5, 5.41) is 0. The van der Waals surface area contributed by atoms with Gasteiger partial charge in [-0.15, -0.1) is 0 Å². The van der Waals surface area contributed by atoms with Gasteiger partial charge in [-0.2, -0.15) is 13.2 Å². The third-order valence-corrected chi connectivity index (χ3v) is 5.27. The summed E-state index contributed by atoms with van der Waals surface area (Å²) in [4.78, 5) is 23.8. The number of fused-ring (bicyclic) bond motifs is 1. The molecule has 1 saturated carbocycles. The summed E-state index contributed by atoms with van der Waals surface area (Å²) >= 11 is 0. The molecule has 0 unspecified atom stereocenters. The molecular formula is C19H21F3N4O. The molecule has 0 amide bonds. The SMILES string of the molecule is Cc1nc2c(c(=O)n1Cc1ccc(C(F)(F)F)cn1)CN(CC1CC1)CC2. The zero-order chi connectivity index (χ0) is 19.2. The first-order chi connectivity index (χ1) is 12.8. The van der Waals surface area contributed by atoms with E-state index in [0.29, 0.717) is 23.6 Å². The molecule has 8 heteroatoms. The normalized spacial score (nSPS) is 17.8. The van der Waals surface area contributed by atoms with Gasteiger partial charge in [0.25, 0.3) is 5.56 Å². The summed E-state index contributed by atoms with van der Waals surface area (Å²) in [5.41, 5.74) is 1.05. The van der Waals surface area contributed by atoms with E-state index in [-0.39, 0.29) is 12.1 Å². The van der Waals surface area contributed by atoms with Gasteiger partial charge in [-0.3, -0.25) is 19.2 Å². The van der Waals surface area contributed by atoms with Crippen molar-refractivity contribution in [3.8, 4) is 0 Å². The molecule has 0 spiro atoms. The van der Waals surface area contributed by atoms with E-state index in [1.165, 1.54) is 23.5 Å². The van der Waals surface area contributed by atoms with Crippen LogP contribution in [0, 0.1) is 12.8 Å². The molecule has 27 heavy (non-hydrogen) atoms. The topological polar surface area (TPSA) is 51.0 Å². The van der Waals surface area contributed by atoms with Gasteiger partial charge in [-0.1, -0.05) is 0 Å². The Kier molecular flexibility index (Phi) is 4.53. The van der Waals surface area contributed by atoms with Crippen LogP contribution in [-0.4, -0.2) is 32.5 Å². The number of nitrogens with zero attached hydrogens (tertiary/aromatic N) is 4. The molecule has 5 nitrogen and oxygen atoms in total. The molecule has 4 rings (SSSR count). The number of hydrogen-bond donors (Lipinski definition) is 0. The zero-order valence-electron chi connectivity index (χ0n) is 15.1. The van der Waals surface area contributed by atoms with E-state index in [1.54, 1.807) is 6.92 Å². The van der Waals surface area contributed by atoms with E-state index in [9.17, 15) is 18.0 Å². The highest BCUT2D eigenvalue weighted by Crippen LogP contribution is 2.31. The largest absolute Gasteiger partial charge is 0.417 e.